The Bertz CT molecular complexity index is 762. The topological polar surface area (TPSA) is 52.3 Å². The Balaban J connectivity index is 1.93. The molecule has 3 rings (SSSR count). The number of carbonyl (C=O) groups is 1. The highest BCUT2D eigenvalue weighted by Gasteiger charge is 2.38. The molecule has 132 valence electrons. The third-order valence-electron chi connectivity index (χ3n) is 5.23. The fourth-order valence-electron chi connectivity index (χ4n) is 3.76. The molecule has 1 aliphatic rings. The Morgan fingerprint density at radius 2 is 1.84 bits per heavy atom. The minimum absolute atomic E-state index is 0.106. The van der Waals surface area contributed by atoms with Gasteiger partial charge in [-0.1, -0.05) is 69.7 Å². The largest absolute Gasteiger partial charge is 0.441 e. The lowest BCUT2D eigenvalue weighted by molar-refractivity contribution is 0.0147. The Morgan fingerprint density at radius 1 is 1.16 bits per heavy atom. The zero-order valence-corrected chi connectivity index (χ0v) is 15.3. The van der Waals surface area contributed by atoms with Crippen LogP contribution in [0.15, 0.2) is 42.5 Å². The molecule has 0 spiro atoms. The summed E-state index contributed by atoms with van der Waals surface area (Å²) in [6.45, 7) is 6.46. The number of ether oxygens (including phenoxy) is 1. The van der Waals surface area contributed by atoms with Crippen molar-refractivity contribution in [1.82, 2.24) is 0 Å². The van der Waals surface area contributed by atoms with Gasteiger partial charge in [0.1, 0.15) is 6.10 Å². The summed E-state index contributed by atoms with van der Waals surface area (Å²) in [5, 5.41) is 0. The van der Waals surface area contributed by atoms with E-state index in [1.807, 2.05) is 0 Å². The van der Waals surface area contributed by atoms with E-state index in [-0.39, 0.29) is 11.5 Å². The van der Waals surface area contributed by atoms with Crippen LogP contribution in [0.2, 0.25) is 0 Å². The number of benzene rings is 2. The molecule has 0 aromatic heterocycles. The van der Waals surface area contributed by atoms with Crippen LogP contribution in [0.3, 0.4) is 0 Å². The molecule has 2 aromatic carbocycles. The van der Waals surface area contributed by atoms with Crippen LogP contribution in [0.25, 0.3) is 11.1 Å². The van der Waals surface area contributed by atoms with Gasteiger partial charge in [-0.25, -0.2) is 4.79 Å². The number of primary amides is 1. The van der Waals surface area contributed by atoms with Gasteiger partial charge >= 0.3 is 6.09 Å². The summed E-state index contributed by atoms with van der Waals surface area (Å²) in [5.41, 5.74) is 11.3. The summed E-state index contributed by atoms with van der Waals surface area (Å²) in [5.74, 6) is 0. The van der Waals surface area contributed by atoms with Gasteiger partial charge < -0.3 is 10.5 Å². The molecule has 0 fully saturated rings. The SMILES string of the molecule is CCCc1ccc(-c2ccc3c(c2)CCC(C)(C)[C@H]3OC(N)=O)cc1. The van der Waals surface area contributed by atoms with Crippen LogP contribution in [0.1, 0.15) is 56.4 Å². The number of aryl methyl sites for hydroxylation is 2. The lowest BCUT2D eigenvalue weighted by atomic mass is 9.71. The molecule has 2 N–H and O–H groups in total. The van der Waals surface area contributed by atoms with E-state index in [0.29, 0.717) is 0 Å². The Hall–Kier alpha value is -2.29. The van der Waals surface area contributed by atoms with Crippen molar-refractivity contribution in [2.75, 3.05) is 0 Å². The number of carbonyl (C=O) groups excluding carboxylic acids is 1. The summed E-state index contributed by atoms with van der Waals surface area (Å²) in [6, 6.07) is 15.2. The third kappa shape index (κ3) is 3.71. The molecule has 1 atom stereocenters. The predicted octanol–water partition coefficient (Wildman–Crippen LogP) is 5.41. The zero-order valence-electron chi connectivity index (χ0n) is 15.3. The maximum Gasteiger partial charge on any atom is 0.405 e. The summed E-state index contributed by atoms with van der Waals surface area (Å²) in [6.07, 6.45) is 3.25. The molecule has 0 saturated heterocycles. The highest BCUT2D eigenvalue weighted by atomic mass is 16.6. The molecule has 1 aliphatic carbocycles. The van der Waals surface area contributed by atoms with E-state index >= 15 is 0 Å². The smallest absolute Gasteiger partial charge is 0.405 e. The molecule has 25 heavy (non-hydrogen) atoms. The normalized spacial score (nSPS) is 18.4. The lowest BCUT2D eigenvalue weighted by Gasteiger charge is -2.39. The van der Waals surface area contributed by atoms with Crippen molar-refractivity contribution in [2.24, 2.45) is 11.1 Å². The third-order valence-corrected chi connectivity index (χ3v) is 5.23. The first kappa shape index (κ1) is 17.5. The van der Waals surface area contributed by atoms with Crippen LogP contribution in [-0.4, -0.2) is 6.09 Å². The second kappa shape index (κ2) is 6.91. The first-order valence-corrected chi connectivity index (χ1v) is 9.09. The number of amides is 1. The van der Waals surface area contributed by atoms with Crippen LogP contribution >= 0.6 is 0 Å². The van der Waals surface area contributed by atoms with Crippen LogP contribution < -0.4 is 5.73 Å². The van der Waals surface area contributed by atoms with E-state index in [1.54, 1.807) is 0 Å². The summed E-state index contributed by atoms with van der Waals surface area (Å²) in [4.78, 5) is 11.3. The van der Waals surface area contributed by atoms with Gasteiger partial charge in [-0.3, -0.25) is 0 Å². The fraction of sp³-hybridized carbons (Fsp3) is 0.409. The molecule has 0 radical (unpaired) electrons. The van der Waals surface area contributed by atoms with Crippen LogP contribution in [0.5, 0.6) is 0 Å². The monoisotopic (exact) mass is 337 g/mol. The standard InChI is InChI=1S/C22H27NO2/c1-4-5-15-6-8-16(9-7-15)17-10-11-19-18(14-17)12-13-22(2,3)20(19)25-21(23)24/h6-11,14,20H,4-5,12-13H2,1-3H3,(H2,23,24)/t20-/m0/s1. The van der Waals surface area contributed by atoms with Crippen molar-refractivity contribution in [1.29, 1.82) is 0 Å². The van der Waals surface area contributed by atoms with Gasteiger partial charge in [0.2, 0.25) is 0 Å². The van der Waals surface area contributed by atoms with Crippen LogP contribution in [-0.2, 0) is 17.6 Å². The molecule has 0 aliphatic heterocycles. The van der Waals surface area contributed by atoms with Crippen molar-refractivity contribution >= 4 is 6.09 Å². The average Bonchev–Trinajstić information content (AvgIpc) is 2.58. The minimum atomic E-state index is -0.707. The molecule has 0 heterocycles. The second-order valence-electron chi connectivity index (χ2n) is 7.67. The molecule has 1 amide bonds. The van der Waals surface area contributed by atoms with Gasteiger partial charge in [-0.15, -0.1) is 0 Å². The second-order valence-corrected chi connectivity index (χ2v) is 7.67. The molecule has 3 heteroatoms. The minimum Gasteiger partial charge on any atom is -0.441 e. The molecule has 2 aromatic rings. The number of hydrogen-bond acceptors (Lipinski definition) is 2. The average molecular weight is 337 g/mol. The molecule has 0 saturated carbocycles. The predicted molar refractivity (Wildman–Crippen MR) is 101 cm³/mol. The maximum atomic E-state index is 11.3. The van der Waals surface area contributed by atoms with Gasteiger partial charge in [0.15, 0.2) is 0 Å². The number of nitrogens with two attached hydrogens (primary N) is 1. The molecule has 0 unspecified atom stereocenters. The Kier molecular flexibility index (Phi) is 4.85. The van der Waals surface area contributed by atoms with Crippen molar-refractivity contribution in [2.45, 2.75) is 52.6 Å². The van der Waals surface area contributed by atoms with Gasteiger partial charge in [0.05, 0.1) is 0 Å². The summed E-state index contributed by atoms with van der Waals surface area (Å²) < 4.78 is 5.46. The molecule has 3 nitrogen and oxygen atoms in total. The fourth-order valence-corrected chi connectivity index (χ4v) is 3.76. The highest BCUT2D eigenvalue weighted by Crippen LogP contribution is 2.46. The number of rotatable bonds is 4. The Morgan fingerprint density at radius 3 is 2.48 bits per heavy atom. The van der Waals surface area contributed by atoms with E-state index in [9.17, 15) is 4.79 Å². The molecule has 0 bridgehead atoms. The van der Waals surface area contributed by atoms with Crippen molar-refractivity contribution in [3.63, 3.8) is 0 Å². The number of hydrogen-bond donors (Lipinski definition) is 1. The first-order chi connectivity index (χ1) is 11.9. The maximum absolute atomic E-state index is 11.3. The molecular weight excluding hydrogens is 310 g/mol. The van der Waals surface area contributed by atoms with E-state index in [2.05, 4.69) is 63.2 Å². The quantitative estimate of drug-likeness (QED) is 0.810. The van der Waals surface area contributed by atoms with E-state index < -0.39 is 6.09 Å². The Labute approximate surface area is 150 Å². The van der Waals surface area contributed by atoms with E-state index in [0.717, 1.165) is 31.2 Å². The van der Waals surface area contributed by atoms with Crippen LogP contribution in [0, 0.1) is 5.41 Å². The van der Waals surface area contributed by atoms with Gasteiger partial charge in [0, 0.05) is 5.41 Å². The number of fused-ring (bicyclic) bond motifs is 1. The van der Waals surface area contributed by atoms with Gasteiger partial charge in [-0.05, 0) is 47.1 Å². The first-order valence-electron chi connectivity index (χ1n) is 9.09. The van der Waals surface area contributed by atoms with Gasteiger partial charge in [0.25, 0.3) is 0 Å². The summed E-state index contributed by atoms with van der Waals surface area (Å²) >= 11 is 0. The van der Waals surface area contributed by atoms with Gasteiger partial charge in [-0.2, -0.15) is 0 Å². The van der Waals surface area contributed by atoms with Crippen molar-refractivity contribution < 1.29 is 9.53 Å². The van der Waals surface area contributed by atoms with Crippen molar-refractivity contribution in [3.05, 3.63) is 59.2 Å². The molecular formula is C22H27NO2. The van der Waals surface area contributed by atoms with Crippen molar-refractivity contribution in [3.8, 4) is 11.1 Å². The zero-order chi connectivity index (χ0) is 18.0. The van der Waals surface area contributed by atoms with E-state index in [1.165, 1.54) is 22.3 Å². The summed E-state index contributed by atoms with van der Waals surface area (Å²) in [7, 11) is 0. The highest BCUT2D eigenvalue weighted by molar-refractivity contribution is 5.67. The van der Waals surface area contributed by atoms with E-state index in [4.69, 9.17) is 10.5 Å². The van der Waals surface area contributed by atoms with Crippen LogP contribution in [0.4, 0.5) is 4.79 Å². The lowest BCUT2D eigenvalue weighted by Crippen LogP contribution is -2.33.